The summed E-state index contributed by atoms with van der Waals surface area (Å²) in [6.45, 7) is 6.13. The van der Waals surface area contributed by atoms with Crippen LogP contribution in [0.5, 0.6) is 0 Å². The van der Waals surface area contributed by atoms with Crippen LogP contribution in [0.25, 0.3) is 0 Å². The summed E-state index contributed by atoms with van der Waals surface area (Å²) in [4.78, 5) is 14.1. The molecule has 0 spiro atoms. The monoisotopic (exact) mass is 295 g/mol. The maximum atomic E-state index is 11.9. The van der Waals surface area contributed by atoms with Crippen molar-refractivity contribution < 1.29 is 4.79 Å². The first kappa shape index (κ1) is 15.3. The molecule has 2 rings (SSSR count). The van der Waals surface area contributed by atoms with Crippen molar-refractivity contribution in [1.82, 2.24) is 15.5 Å². The van der Waals surface area contributed by atoms with Gasteiger partial charge in [0, 0.05) is 37.2 Å². The fraction of sp³-hybridized carbons (Fsp3) is 0.533. The molecule has 1 amide bonds. The standard InChI is InChI=1S/C15H22ClN3O/c1-12-10-17-7-8-19(12)11-15(20)18-6-5-13-3-2-4-14(16)9-13/h2-4,9,12,17H,5-8,10-11H2,1H3,(H,18,20). The van der Waals surface area contributed by atoms with Gasteiger partial charge in [-0.1, -0.05) is 23.7 Å². The normalized spacial score (nSPS) is 19.8. The van der Waals surface area contributed by atoms with Crippen molar-refractivity contribution >= 4 is 17.5 Å². The minimum absolute atomic E-state index is 0.0979. The van der Waals surface area contributed by atoms with Crippen LogP contribution in [0.2, 0.25) is 5.02 Å². The van der Waals surface area contributed by atoms with Crippen LogP contribution in [-0.2, 0) is 11.2 Å². The molecule has 1 aliphatic rings. The SMILES string of the molecule is CC1CNCCN1CC(=O)NCCc1cccc(Cl)c1. The average molecular weight is 296 g/mol. The fourth-order valence-electron chi connectivity index (χ4n) is 2.40. The first-order valence-corrected chi connectivity index (χ1v) is 7.49. The zero-order valence-corrected chi connectivity index (χ0v) is 12.6. The predicted molar refractivity (Wildman–Crippen MR) is 82.1 cm³/mol. The smallest absolute Gasteiger partial charge is 0.234 e. The molecule has 1 aromatic carbocycles. The summed E-state index contributed by atoms with van der Waals surface area (Å²) in [6, 6.07) is 8.17. The van der Waals surface area contributed by atoms with E-state index in [9.17, 15) is 4.79 Å². The van der Waals surface area contributed by atoms with Crippen LogP contribution in [0.15, 0.2) is 24.3 Å². The maximum Gasteiger partial charge on any atom is 0.234 e. The van der Waals surface area contributed by atoms with Gasteiger partial charge in [-0.15, -0.1) is 0 Å². The van der Waals surface area contributed by atoms with Gasteiger partial charge in [0.2, 0.25) is 5.91 Å². The fourth-order valence-corrected chi connectivity index (χ4v) is 2.61. The van der Waals surface area contributed by atoms with Crippen LogP contribution in [0.4, 0.5) is 0 Å². The molecular formula is C15H22ClN3O. The molecule has 0 bridgehead atoms. The zero-order valence-electron chi connectivity index (χ0n) is 11.9. The molecule has 1 atom stereocenters. The van der Waals surface area contributed by atoms with Crippen LogP contribution >= 0.6 is 11.6 Å². The molecule has 1 heterocycles. The molecule has 20 heavy (non-hydrogen) atoms. The third-order valence-electron chi connectivity index (χ3n) is 3.61. The van der Waals surface area contributed by atoms with E-state index in [1.165, 1.54) is 0 Å². The Morgan fingerprint density at radius 3 is 3.15 bits per heavy atom. The summed E-state index contributed by atoms with van der Waals surface area (Å²) >= 11 is 5.93. The van der Waals surface area contributed by atoms with Gasteiger partial charge >= 0.3 is 0 Å². The Bertz CT molecular complexity index is 452. The molecular weight excluding hydrogens is 274 g/mol. The minimum Gasteiger partial charge on any atom is -0.355 e. The predicted octanol–water partition coefficient (Wildman–Crippen LogP) is 1.29. The van der Waals surface area contributed by atoms with Gasteiger partial charge in [0.15, 0.2) is 0 Å². The van der Waals surface area contributed by atoms with E-state index >= 15 is 0 Å². The van der Waals surface area contributed by atoms with E-state index < -0.39 is 0 Å². The summed E-state index contributed by atoms with van der Waals surface area (Å²) in [5, 5.41) is 7.04. The molecule has 5 heteroatoms. The van der Waals surface area contributed by atoms with Gasteiger partial charge in [-0.05, 0) is 31.0 Å². The highest BCUT2D eigenvalue weighted by Gasteiger charge is 2.19. The van der Waals surface area contributed by atoms with Gasteiger partial charge in [0.1, 0.15) is 0 Å². The number of nitrogens with zero attached hydrogens (tertiary/aromatic N) is 1. The Kier molecular flexibility index (Phi) is 5.83. The van der Waals surface area contributed by atoms with E-state index in [0.717, 1.165) is 36.6 Å². The Morgan fingerprint density at radius 1 is 1.55 bits per heavy atom. The Hall–Kier alpha value is -1.10. The van der Waals surface area contributed by atoms with Crippen LogP contribution in [0.3, 0.4) is 0 Å². The van der Waals surface area contributed by atoms with E-state index in [1.54, 1.807) is 0 Å². The van der Waals surface area contributed by atoms with E-state index in [1.807, 2.05) is 24.3 Å². The lowest BCUT2D eigenvalue weighted by Crippen LogP contribution is -2.52. The third-order valence-corrected chi connectivity index (χ3v) is 3.85. The number of hydrogen-bond acceptors (Lipinski definition) is 3. The lowest BCUT2D eigenvalue weighted by molar-refractivity contribution is -0.122. The van der Waals surface area contributed by atoms with Crippen LogP contribution in [-0.4, -0.2) is 49.6 Å². The first-order chi connectivity index (χ1) is 9.65. The van der Waals surface area contributed by atoms with Crippen molar-refractivity contribution in [1.29, 1.82) is 0 Å². The summed E-state index contributed by atoms with van der Waals surface area (Å²) in [5.74, 6) is 0.0979. The number of benzene rings is 1. The summed E-state index contributed by atoms with van der Waals surface area (Å²) in [6.07, 6.45) is 0.809. The van der Waals surface area contributed by atoms with Crippen LogP contribution in [0.1, 0.15) is 12.5 Å². The van der Waals surface area contributed by atoms with Crippen LogP contribution < -0.4 is 10.6 Å². The summed E-state index contributed by atoms with van der Waals surface area (Å²) < 4.78 is 0. The van der Waals surface area contributed by atoms with Crippen LogP contribution in [0, 0.1) is 0 Å². The van der Waals surface area contributed by atoms with Crippen molar-refractivity contribution in [2.45, 2.75) is 19.4 Å². The highest BCUT2D eigenvalue weighted by Crippen LogP contribution is 2.10. The molecule has 1 aliphatic heterocycles. The number of carbonyl (C=O) groups excluding carboxylic acids is 1. The van der Waals surface area contributed by atoms with Crippen molar-refractivity contribution in [2.75, 3.05) is 32.7 Å². The highest BCUT2D eigenvalue weighted by molar-refractivity contribution is 6.30. The van der Waals surface area contributed by atoms with Gasteiger partial charge in [-0.2, -0.15) is 0 Å². The summed E-state index contributed by atoms with van der Waals surface area (Å²) in [5.41, 5.74) is 1.15. The van der Waals surface area contributed by atoms with Crippen molar-refractivity contribution in [3.8, 4) is 0 Å². The molecule has 2 N–H and O–H groups in total. The minimum atomic E-state index is 0.0979. The number of amides is 1. The lowest BCUT2D eigenvalue weighted by Gasteiger charge is -2.33. The Balaban J connectivity index is 1.70. The molecule has 0 saturated carbocycles. The van der Waals surface area contributed by atoms with Crippen molar-refractivity contribution in [2.24, 2.45) is 0 Å². The van der Waals surface area contributed by atoms with Gasteiger partial charge in [-0.25, -0.2) is 0 Å². The number of rotatable bonds is 5. The molecule has 1 saturated heterocycles. The molecule has 110 valence electrons. The molecule has 0 aliphatic carbocycles. The second-order valence-electron chi connectivity index (χ2n) is 5.25. The molecule has 1 aromatic rings. The largest absolute Gasteiger partial charge is 0.355 e. The van der Waals surface area contributed by atoms with E-state index in [2.05, 4.69) is 22.5 Å². The Morgan fingerprint density at radius 2 is 2.40 bits per heavy atom. The topological polar surface area (TPSA) is 44.4 Å². The van der Waals surface area contributed by atoms with E-state index in [4.69, 9.17) is 11.6 Å². The quantitative estimate of drug-likeness (QED) is 0.860. The number of halogens is 1. The lowest BCUT2D eigenvalue weighted by atomic mass is 10.1. The molecule has 1 fully saturated rings. The van der Waals surface area contributed by atoms with Gasteiger partial charge in [-0.3, -0.25) is 9.69 Å². The number of nitrogens with one attached hydrogen (secondary N) is 2. The molecule has 0 radical (unpaired) electrons. The number of piperazine rings is 1. The summed E-state index contributed by atoms with van der Waals surface area (Å²) in [7, 11) is 0. The Labute approximate surface area is 125 Å². The molecule has 0 aromatic heterocycles. The van der Waals surface area contributed by atoms with E-state index in [-0.39, 0.29) is 5.91 Å². The second-order valence-corrected chi connectivity index (χ2v) is 5.69. The van der Waals surface area contributed by atoms with Gasteiger partial charge < -0.3 is 10.6 Å². The first-order valence-electron chi connectivity index (χ1n) is 7.11. The van der Waals surface area contributed by atoms with Gasteiger partial charge in [0.05, 0.1) is 6.54 Å². The van der Waals surface area contributed by atoms with Crippen molar-refractivity contribution in [3.05, 3.63) is 34.9 Å². The zero-order chi connectivity index (χ0) is 14.4. The molecule has 1 unspecified atom stereocenters. The third kappa shape index (κ3) is 4.78. The van der Waals surface area contributed by atoms with Crippen molar-refractivity contribution in [3.63, 3.8) is 0 Å². The molecule has 4 nitrogen and oxygen atoms in total. The van der Waals surface area contributed by atoms with Gasteiger partial charge in [0.25, 0.3) is 0 Å². The number of hydrogen-bond donors (Lipinski definition) is 2. The highest BCUT2D eigenvalue weighted by atomic mass is 35.5. The maximum absolute atomic E-state index is 11.9. The van der Waals surface area contributed by atoms with E-state index in [0.29, 0.717) is 19.1 Å². The average Bonchev–Trinajstić information content (AvgIpc) is 2.41. The number of carbonyl (C=O) groups is 1. The second kappa shape index (κ2) is 7.62.